The minimum absolute atomic E-state index is 0.182. The van der Waals surface area contributed by atoms with Crippen molar-refractivity contribution in [3.8, 4) is 5.75 Å². The van der Waals surface area contributed by atoms with Crippen LogP contribution in [0.2, 0.25) is 0 Å². The number of nitrogens with one attached hydrogen (secondary N) is 1. The van der Waals surface area contributed by atoms with E-state index < -0.39 is 15.7 Å². The lowest BCUT2D eigenvalue weighted by atomic mass is 9.82. The average molecular weight is 561 g/mol. The molecule has 3 heterocycles. The van der Waals surface area contributed by atoms with E-state index in [1.165, 1.54) is 5.56 Å². The van der Waals surface area contributed by atoms with Crippen LogP contribution < -0.4 is 10.5 Å². The van der Waals surface area contributed by atoms with Crippen molar-refractivity contribution >= 4 is 37.7 Å². The number of amides is 1. The first-order chi connectivity index (χ1) is 19.4. The number of primary amides is 1. The molecule has 2 aliphatic rings. The summed E-state index contributed by atoms with van der Waals surface area (Å²) in [6.07, 6.45) is 12.7. The Bertz CT molecular complexity index is 1610. The largest absolute Gasteiger partial charge is 0.493 e. The van der Waals surface area contributed by atoms with Crippen LogP contribution >= 0.6 is 0 Å². The number of aromatic nitrogens is 3. The van der Waals surface area contributed by atoms with E-state index in [1.54, 1.807) is 30.5 Å². The number of H-pyrrole nitrogens is 1. The average Bonchev–Trinajstić information content (AvgIpc) is 3.45. The number of benzene rings is 1. The van der Waals surface area contributed by atoms with Crippen molar-refractivity contribution in [3.63, 3.8) is 0 Å². The molecule has 0 radical (unpaired) electrons. The van der Waals surface area contributed by atoms with E-state index in [0.717, 1.165) is 60.5 Å². The lowest BCUT2D eigenvalue weighted by Crippen LogP contribution is -2.33. The van der Waals surface area contributed by atoms with Gasteiger partial charge in [0.15, 0.2) is 15.5 Å². The fourth-order valence-corrected chi connectivity index (χ4v) is 9.08. The third-order valence-electron chi connectivity index (χ3n) is 8.93. The Hall–Kier alpha value is -3.46. The molecule has 3 N–H and O–H groups in total. The molecule has 2 aliphatic carbocycles. The van der Waals surface area contributed by atoms with Gasteiger partial charge in [-0.05, 0) is 105 Å². The topological polar surface area (TPSA) is 128 Å². The molecule has 6 rings (SSSR count). The number of fused-ring (bicyclic) bond motifs is 3. The van der Waals surface area contributed by atoms with Gasteiger partial charge in [-0.15, -0.1) is 0 Å². The second-order valence-electron chi connectivity index (χ2n) is 11.6. The first kappa shape index (κ1) is 26.7. The van der Waals surface area contributed by atoms with Gasteiger partial charge in [-0.2, -0.15) is 0 Å². The van der Waals surface area contributed by atoms with E-state index in [2.05, 4.69) is 21.0 Å². The second-order valence-corrected chi connectivity index (χ2v) is 13.9. The maximum Gasteiger partial charge on any atom is 0.248 e. The van der Waals surface area contributed by atoms with Crippen molar-refractivity contribution in [3.05, 3.63) is 66.1 Å². The molecule has 0 spiro atoms. The first-order valence-electron chi connectivity index (χ1n) is 14.3. The molecule has 210 valence electrons. The highest BCUT2D eigenvalue weighted by Gasteiger charge is 2.35. The summed E-state index contributed by atoms with van der Waals surface area (Å²) < 4.78 is 33.0. The van der Waals surface area contributed by atoms with E-state index in [4.69, 9.17) is 10.5 Å². The summed E-state index contributed by atoms with van der Waals surface area (Å²) in [5.41, 5.74) is 8.77. The summed E-state index contributed by atoms with van der Waals surface area (Å²) in [5.74, 6) is 1.37. The molecule has 8 nitrogen and oxygen atoms in total. The molecular weight excluding hydrogens is 524 g/mol. The predicted molar refractivity (Wildman–Crippen MR) is 156 cm³/mol. The molecule has 9 heteroatoms. The number of sulfone groups is 1. The third kappa shape index (κ3) is 5.57. The van der Waals surface area contributed by atoms with Gasteiger partial charge in [0, 0.05) is 28.7 Å². The minimum atomic E-state index is -3.17. The number of rotatable bonds is 8. The number of aromatic amines is 1. The molecule has 40 heavy (non-hydrogen) atoms. The van der Waals surface area contributed by atoms with Crippen LogP contribution in [0, 0.1) is 11.8 Å². The van der Waals surface area contributed by atoms with Crippen molar-refractivity contribution in [2.75, 3.05) is 12.4 Å². The summed E-state index contributed by atoms with van der Waals surface area (Å²) in [7, 11) is -3.17. The minimum Gasteiger partial charge on any atom is -0.493 e. The highest BCUT2D eigenvalue weighted by atomic mass is 32.2. The maximum absolute atomic E-state index is 13.5. The fraction of sp³-hybridized carbons (Fsp3) is 0.452. The van der Waals surface area contributed by atoms with E-state index in [9.17, 15) is 13.2 Å². The lowest BCUT2D eigenvalue weighted by molar-refractivity contribution is 0.1000. The Morgan fingerprint density at radius 2 is 1.75 bits per heavy atom. The highest BCUT2D eigenvalue weighted by Crippen LogP contribution is 2.40. The van der Waals surface area contributed by atoms with Gasteiger partial charge in [-0.25, -0.2) is 18.4 Å². The van der Waals surface area contributed by atoms with Crippen molar-refractivity contribution in [1.29, 1.82) is 0 Å². The van der Waals surface area contributed by atoms with Crippen LogP contribution in [0.3, 0.4) is 0 Å². The van der Waals surface area contributed by atoms with Crippen LogP contribution in [-0.4, -0.2) is 46.9 Å². The molecule has 2 atom stereocenters. The number of carbonyl (C=O) groups excluding carboxylic acids is 1. The van der Waals surface area contributed by atoms with Crippen LogP contribution in [0.15, 0.2) is 55.0 Å². The number of hydrogen-bond acceptors (Lipinski definition) is 6. The highest BCUT2D eigenvalue weighted by molar-refractivity contribution is 7.92. The van der Waals surface area contributed by atoms with E-state index in [0.29, 0.717) is 42.6 Å². The normalized spacial score (nSPS) is 23.8. The van der Waals surface area contributed by atoms with Gasteiger partial charge in [-0.3, -0.25) is 4.79 Å². The fourth-order valence-electron chi connectivity index (χ4n) is 6.86. The van der Waals surface area contributed by atoms with Gasteiger partial charge in [0.05, 0.1) is 29.3 Å². The monoisotopic (exact) mass is 560 g/mol. The van der Waals surface area contributed by atoms with Crippen LogP contribution in [0.1, 0.15) is 73.2 Å². The van der Waals surface area contributed by atoms with Gasteiger partial charge in [0.2, 0.25) is 5.91 Å². The summed E-state index contributed by atoms with van der Waals surface area (Å²) in [4.78, 5) is 23.4. The Kier molecular flexibility index (Phi) is 7.49. The number of ether oxygens (including phenoxy) is 1. The maximum atomic E-state index is 13.5. The molecule has 1 aromatic carbocycles. The Balaban J connectivity index is 1.05. The Labute approximate surface area is 234 Å². The number of nitrogens with zero attached hydrogens (tertiary/aromatic N) is 2. The predicted octanol–water partition coefficient (Wildman–Crippen LogP) is 5.54. The van der Waals surface area contributed by atoms with Gasteiger partial charge < -0.3 is 15.5 Å². The first-order valence-corrected chi connectivity index (χ1v) is 16.0. The van der Waals surface area contributed by atoms with Crippen molar-refractivity contribution < 1.29 is 17.9 Å². The molecule has 4 aromatic rings. The van der Waals surface area contributed by atoms with Gasteiger partial charge in [0.1, 0.15) is 5.75 Å². The molecule has 2 saturated carbocycles. The molecule has 0 bridgehead atoms. The zero-order valence-electron chi connectivity index (χ0n) is 22.6. The molecule has 2 fully saturated rings. The molecule has 0 saturated heterocycles. The Morgan fingerprint density at radius 3 is 2.52 bits per heavy atom. The van der Waals surface area contributed by atoms with Crippen molar-refractivity contribution in [1.82, 2.24) is 15.0 Å². The summed E-state index contributed by atoms with van der Waals surface area (Å²) in [5, 5.41) is 1.96. The summed E-state index contributed by atoms with van der Waals surface area (Å²) >= 11 is 0. The second kappa shape index (κ2) is 11.2. The van der Waals surface area contributed by atoms with Crippen molar-refractivity contribution in [2.45, 2.75) is 62.5 Å². The lowest BCUT2D eigenvalue weighted by Gasteiger charge is -2.32. The van der Waals surface area contributed by atoms with Crippen LogP contribution in [0.25, 0.3) is 21.9 Å². The van der Waals surface area contributed by atoms with Crippen molar-refractivity contribution in [2.24, 2.45) is 17.6 Å². The smallest absolute Gasteiger partial charge is 0.248 e. The summed E-state index contributed by atoms with van der Waals surface area (Å²) in [6.45, 7) is 0.557. The SMILES string of the molecule is NC(=O)c1ccc(OCC2CCCC(CS(=O)(=O)C3CCC(c4cc[nH]c5cnc6nccc6c45)CC3)C2)cc1. The van der Waals surface area contributed by atoms with Gasteiger partial charge in [-0.1, -0.05) is 6.42 Å². The summed E-state index contributed by atoms with van der Waals surface area (Å²) in [6, 6.07) is 11.0. The molecule has 0 aliphatic heterocycles. The standard InChI is InChI=1S/C31H36N4O4S/c32-30(36)23-4-8-24(9-5-23)39-18-20-2-1-3-21(16-20)19-40(37,38)25-10-6-22(7-11-25)26-12-14-33-28-17-35-31-27(29(26)28)13-15-34-31/h4-5,8-9,12-15,17,20-22,25,33H,1-3,6-7,10-11,16,18-19H2,(H2,32,36). The van der Waals surface area contributed by atoms with E-state index >= 15 is 0 Å². The quantitative estimate of drug-likeness (QED) is 0.291. The van der Waals surface area contributed by atoms with Crippen LogP contribution in [0.4, 0.5) is 0 Å². The molecule has 1 amide bonds. The molecule has 3 aromatic heterocycles. The number of nitrogens with two attached hydrogens (primary N) is 1. The van der Waals surface area contributed by atoms with E-state index in [1.807, 2.05) is 18.5 Å². The molecule has 2 unspecified atom stereocenters. The van der Waals surface area contributed by atoms with Crippen LogP contribution in [0.5, 0.6) is 5.75 Å². The van der Waals surface area contributed by atoms with E-state index in [-0.39, 0.29) is 16.9 Å². The van der Waals surface area contributed by atoms with Crippen LogP contribution in [-0.2, 0) is 9.84 Å². The Morgan fingerprint density at radius 1 is 0.975 bits per heavy atom. The zero-order valence-corrected chi connectivity index (χ0v) is 23.4. The van der Waals surface area contributed by atoms with Gasteiger partial charge in [0.25, 0.3) is 0 Å². The number of carbonyl (C=O) groups is 1. The third-order valence-corrected chi connectivity index (χ3v) is 11.4. The number of pyridine rings is 2. The number of hydrogen-bond donors (Lipinski definition) is 2. The molecular formula is C31H36N4O4S. The van der Waals surface area contributed by atoms with Gasteiger partial charge >= 0.3 is 0 Å². The zero-order chi connectivity index (χ0) is 27.7.